The van der Waals surface area contributed by atoms with Crippen LogP contribution >= 0.6 is 0 Å². The van der Waals surface area contributed by atoms with E-state index in [9.17, 15) is 8.42 Å². The molecule has 0 unspecified atom stereocenters. The predicted molar refractivity (Wildman–Crippen MR) is 61.7 cm³/mol. The molecule has 4 nitrogen and oxygen atoms in total. The van der Waals surface area contributed by atoms with E-state index < -0.39 is 10.0 Å². The van der Waals surface area contributed by atoms with Gasteiger partial charge in [0.15, 0.2) is 0 Å². The zero-order chi connectivity index (χ0) is 10.9. The summed E-state index contributed by atoms with van der Waals surface area (Å²) >= 11 is 0. The van der Waals surface area contributed by atoms with E-state index in [1.54, 1.807) is 6.07 Å². The first kappa shape index (κ1) is 10.3. The average Bonchev–Trinajstić information content (AvgIpc) is 2.15. The summed E-state index contributed by atoms with van der Waals surface area (Å²) in [6.45, 7) is 0.954. The fourth-order valence-electron chi connectivity index (χ4n) is 1.74. The SMILES string of the molecule is CS(=O)(=O)Nc1ccc2c(c1)NCCC2. The molecule has 0 spiro atoms. The number of anilines is 2. The summed E-state index contributed by atoms with van der Waals surface area (Å²) in [5, 5.41) is 3.25. The van der Waals surface area contributed by atoms with Crippen LogP contribution in [0.2, 0.25) is 0 Å². The van der Waals surface area contributed by atoms with Crippen molar-refractivity contribution in [3.8, 4) is 0 Å². The molecular formula is C10H14N2O2S. The van der Waals surface area contributed by atoms with E-state index in [1.165, 1.54) is 5.56 Å². The molecule has 0 aromatic heterocycles. The highest BCUT2D eigenvalue weighted by atomic mass is 32.2. The van der Waals surface area contributed by atoms with Crippen molar-refractivity contribution < 1.29 is 8.42 Å². The van der Waals surface area contributed by atoms with Gasteiger partial charge in [0.05, 0.1) is 11.9 Å². The minimum Gasteiger partial charge on any atom is -0.385 e. The van der Waals surface area contributed by atoms with E-state index in [0.29, 0.717) is 5.69 Å². The van der Waals surface area contributed by atoms with Crippen molar-refractivity contribution in [2.24, 2.45) is 0 Å². The Labute approximate surface area is 89.7 Å². The number of nitrogens with one attached hydrogen (secondary N) is 2. The second-order valence-electron chi connectivity index (χ2n) is 3.78. The van der Waals surface area contributed by atoms with Gasteiger partial charge in [-0.05, 0) is 30.5 Å². The molecule has 0 atom stereocenters. The first-order valence-corrected chi connectivity index (χ1v) is 6.78. The lowest BCUT2D eigenvalue weighted by atomic mass is 10.0. The summed E-state index contributed by atoms with van der Waals surface area (Å²) in [5.41, 5.74) is 2.90. The highest BCUT2D eigenvalue weighted by Gasteiger charge is 2.09. The van der Waals surface area contributed by atoms with Crippen molar-refractivity contribution in [2.45, 2.75) is 12.8 Å². The van der Waals surface area contributed by atoms with Gasteiger partial charge in [-0.1, -0.05) is 6.07 Å². The Morgan fingerprint density at radius 1 is 1.40 bits per heavy atom. The predicted octanol–water partition coefficient (Wildman–Crippen LogP) is 1.42. The van der Waals surface area contributed by atoms with Crippen molar-refractivity contribution in [3.05, 3.63) is 23.8 Å². The molecule has 5 heteroatoms. The molecule has 0 bridgehead atoms. The largest absolute Gasteiger partial charge is 0.385 e. The average molecular weight is 226 g/mol. The van der Waals surface area contributed by atoms with E-state index in [2.05, 4.69) is 10.0 Å². The summed E-state index contributed by atoms with van der Waals surface area (Å²) in [5.74, 6) is 0. The highest BCUT2D eigenvalue weighted by Crippen LogP contribution is 2.25. The van der Waals surface area contributed by atoms with E-state index in [1.807, 2.05) is 12.1 Å². The molecule has 0 radical (unpaired) electrons. The van der Waals surface area contributed by atoms with E-state index >= 15 is 0 Å². The van der Waals surface area contributed by atoms with Crippen LogP contribution in [0.25, 0.3) is 0 Å². The lowest BCUT2D eigenvalue weighted by Crippen LogP contribution is -2.13. The summed E-state index contributed by atoms with van der Waals surface area (Å²) < 4.78 is 24.5. The Kier molecular flexibility index (Phi) is 2.56. The minimum absolute atomic E-state index is 0.616. The van der Waals surface area contributed by atoms with Crippen LogP contribution in [0.5, 0.6) is 0 Å². The Morgan fingerprint density at radius 2 is 2.20 bits per heavy atom. The fourth-order valence-corrected chi connectivity index (χ4v) is 2.29. The smallest absolute Gasteiger partial charge is 0.229 e. The Hall–Kier alpha value is -1.23. The molecule has 1 aromatic carbocycles. The summed E-state index contributed by atoms with van der Waals surface area (Å²) in [6, 6.07) is 5.61. The third-order valence-corrected chi connectivity index (χ3v) is 2.96. The molecule has 0 fully saturated rings. The third-order valence-electron chi connectivity index (χ3n) is 2.35. The molecular weight excluding hydrogens is 212 g/mol. The minimum atomic E-state index is -3.18. The summed E-state index contributed by atoms with van der Waals surface area (Å²) in [4.78, 5) is 0. The van der Waals surface area contributed by atoms with Crippen molar-refractivity contribution >= 4 is 21.4 Å². The Morgan fingerprint density at radius 3 is 2.93 bits per heavy atom. The maximum absolute atomic E-state index is 11.0. The van der Waals surface area contributed by atoms with Gasteiger partial charge in [0, 0.05) is 12.2 Å². The molecule has 0 saturated heterocycles. The molecule has 0 saturated carbocycles. The van der Waals surface area contributed by atoms with Crippen LogP contribution in [0, 0.1) is 0 Å². The van der Waals surface area contributed by atoms with Crippen LogP contribution in [-0.2, 0) is 16.4 Å². The van der Waals surface area contributed by atoms with Crippen molar-refractivity contribution in [1.29, 1.82) is 0 Å². The molecule has 0 amide bonds. The Balaban J connectivity index is 2.28. The number of hydrogen-bond donors (Lipinski definition) is 2. The normalized spacial score (nSPS) is 15.3. The van der Waals surface area contributed by atoms with Crippen molar-refractivity contribution in [2.75, 3.05) is 22.8 Å². The summed E-state index contributed by atoms with van der Waals surface area (Å²) in [6.07, 6.45) is 3.34. The van der Waals surface area contributed by atoms with E-state index in [-0.39, 0.29) is 0 Å². The second kappa shape index (κ2) is 3.73. The van der Waals surface area contributed by atoms with Gasteiger partial charge in [-0.2, -0.15) is 0 Å². The lowest BCUT2D eigenvalue weighted by Gasteiger charge is -2.18. The molecule has 0 aliphatic carbocycles. The molecule has 1 heterocycles. The van der Waals surface area contributed by atoms with Gasteiger partial charge in [-0.15, -0.1) is 0 Å². The first-order chi connectivity index (χ1) is 7.04. The lowest BCUT2D eigenvalue weighted by molar-refractivity contribution is 0.607. The third kappa shape index (κ3) is 2.62. The summed E-state index contributed by atoms with van der Waals surface area (Å²) in [7, 11) is -3.18. The quantitative estimate of drug-likeness (QED) is 0.801. The van der Waals surface area contributed by atoms with E-state index in [4.69, 9.17) is 0 Å². The van der Waals surface area contributed by atoms with Crippen LogP contribution in [0.1, 0.15) is 12.0 Å². The highest BCUT2D eigenvalue weighted by molar-refractivity contribution is 7.92. The van der Waals surface area contributed by atoms with Crippen molar-refractivity contribution in [1.82, 2.24) is 0 Å². The van der Waals surface area contributed by atoms with E-state index in [0.717, 1.165) is 31.3 Å². The zero-order valence-electron chi connectivity index (χ0n) is 8.58. The number of fused-ring (bicyclic) bond motifs is 1. The van der Waals surface area contributed by atoms with Gasteiger partial charge in [0.2, 0.25) is 10.0 Å². The first-order valence-electron chi connectivity index (χ1n) is 4.89. The topological polar surface area (TPSA) is 58.2 Å². The fraction of sp³-hybridized carbons (Fsp3) is 0.400. The monoisotopic (exact) mass is 226 g/mol. The number of rotatable bonds is 2. The van der Waals surface area contributed by atoms with Crippen LogP contribution in [0.3, 0.4) is 0 Å². The maximum Gasteiger partial charge on any atom is 0.229 e. The number of hydrogen-bond acceptors (Lipinski definition) is 3. The molecule has 82 valence electrons. The number of benzene rings is 1. The molecule has 1 aromatic rings. The van der Waals surface area contributed by atoms with Gasteiger partial charge < -0.3 is 5.32 Å². The van der Waals surface area contributed by atoms with Gasteiger partial charge in [0.1, 0.15) is 0 Å². The van der Waals surface area contributed by atoms with Crippen LogP contribution in [0.4, 0.5) is 11.4 Å². The standard InChI is InChI=1S/C10H14N2O2S/c1-15(13,14)12-9-5-4-8-3-2-6-11-10(8)7-9/h4-5,7,11-12H,2-3,6H2,1H3. The van der Waals surface area contributed by atoms with Crippen LogP contribution in [-0.4, -0.2) is 21.2 Å². The van der Waals surface area contributed by atoms with Gasteiger partial charge in [-0.3, -0.25) is 4.72 Å². The molecule has 2 N–H and O–H groups in total. The van der Waals surface area contributed by atoms with Gasteiger partial charge >= 0.3 is 0 Å². The molecule has 15 heavy (non-hydrogen) atoms. The van der Waals surface area contributed by atoms with Gasteiger partial charge in [-0.25, -0.2) is 8.42 Å². The molecule has 1 aliphatic heterocycles. The van der Waals surface area contributed by atoms with Crippen LogP contribution < -0.4 is 10.0 Å². The molecule has 1 aliphatic rings. The number of aryl methyl sites for hydroxylation is 1. The zero-order valence-corrected chi connectivity index (χ0v) is 9.39. The van der Waals surface area contributed by atoms with Gasteiger partial charge in [0.25, 0.3) is 0 Å². The molecule has 2 rings (SSSR count). The maximum atomic E-state index is 11.0. The Bertz CT molecular complexity index is 468. The van der Waals surface area contributed by atoms with Crippen LogP contribution in [0.15, 0.2) is 18.2 Å². The van der Waals surface area contributed by atoms with Crippen molar-refractivity contribution in [3.63, 3.8) is 0 Å². The second-order valence-corrected chi connectivity index (χ2v) is 5.52. The number of sulfonamides is 1.